The second-order valence-corrected chi connectivity index (χ2v) is 5.82. The van der Waals surface area contributed by atoms with Crippen molar-refractivity contribution in [2.75, 3.05) is 0 Å². The molecule has 0 nitrogen and oxygen atoms in total. The van der Waals surface area contributed by atoms with E-state index in [2.05, 4.69) is 0 Å². The maximum atomic E-state index is 12.9. The summed E-state index contributed by atoms with van der Waals surface area (Å²) in [6, 6.07) is 1.46. The van der Waals surface area contributed by atoms with Crippen molar-refractivity contribution in [1.82, 2.24) is 0 Å². The highest BCUT2D eigenvalue weighted by atomic mass is 28.3. The highest BCUT2D eigenvalue weighted by Gasteiger charge is 2.14. The van der Waals surface area contributed by atoms with Crippen molar-refractivity contribution < 1.29 is 17.9 Å². The van der Waals surface area contributed by atoms with Gasteiger partial charge >= 0.3 is 0 Å². The first-order valence-electron chi connectivity index (χ1n) is 3.67. The predicted octanol–water partition coefficient (Wildman–Crippen LogP) is 1.95. The maximum absolute atomic E-state index is 12.9. The molecule has 0 aliphatic carbocycles. The second kappa shape index (κ2) is 4.41. The number of hydrogen-bond acceptors (Lipinski definition) is 0. The summed E-state index contributed by atoms with van der Waals surface area (Å²) in [5.41, 5.74) is 0. The van der Waals surface area contributed by atoms with Crippen LogP contribution in [0.3, 0.4) is 0 Å². The first-order chi connectivity index (χ1) is 5.52. The summed E-state index contributed by atoms with van der Waals surface area (Å²) in [5.74, 6) is -2.37. The van der Waals surface area contributed by atoms with Gasteiger partial charge < -0.3 is 0 Å². The predicted molar refractivity (Wildman–Crippen MR) is 47.3 cm³/mol. The Morgan fingerprint density at radius 2 is 1.38 bits per heavy atom. The molecule has 0 saturated heterocycles. The molecule has 5 heteroatoms. The first kappa shape index (κ1) is 12.2. The van der Waals surface area contributed by atoms with Gasteiger partial charge in [-0.2, -0.15) is 0 Å². The zero-order valence-electron chi connectivity index (χ0n) is 7.27. The molecular weight excluding hydrogens is 200 g/mol. The molecule has 0 amide bonds. The van der Waals surface area contributed by atoms with Crippen LogP contribution in [0.2, 0.25) is 13.1 Å². The quantitative estimate of drug-likeness (QED) is 0.491. The number of rotatable bonds is 1. The van der Waals surface area contributed by atoms with Crippen LogP contribution >= 0.6 is 0 Å². The van der Waals surface area contributed by atoms with Crippen molar-refractivity contribution in [3.63, 3.8) is 0 Å². The van der Waals surface area contributed by atoms with Crippen LogP contribution in [0, 0.1) is 17.5 Å². The Labute approximate surface area is 75.4 Å². The lowest BCUT2D eigenvalue weighted by Gasteiger charge is -2.06. The fourth-order valence-electron chi connectivity index (χ4n) is 1.10. The van der Waals surface area contributed by atoms with Crippen LogP contribution in [0.1, 0.15) is 0 Å². The molecule has 74 valence electrons. The molecule has 0 spiro atoms. The highest BCUT2D eigenvalue weighted by Crippen LogP contribution is 2.05. The van der Waals surface area contributed by atoms with Crippen molar-refractivity contribution in [3.05, 3.63) is 29.6 Å². The lowest BCUT2D eigenvalue weighted by atomic mass is 10.3. The molecule has 0 atom stereocenters. The van der Waals surface area contributed by atoms with E-state index in [-0.39, 0.29) is 9.89 Å². The summed E-state index contributed by atoms with van der Waals surface area (Å²) in [6.07, 6.45) is 0. The van der Waals surface area contributed by atoms with Gasteiger partial charge in [-0.25, -0.2) is 13.2 Å². The molecular formula is C8H10F4Si. The molecule has 0 radical (unpaired) electrons. The van der Waals surface area contributed by atoms with Crippen LogP contribution in [0.15, 0.2) is 12.1 Å². The van der Waals surface area contributed by atoms with Gasteiger partial charge in [-0.05, 0) is 0 Å². The minimum atomic E-state index is -1.54. The molecule has 0 unspecified atom stereocenters. The van der Waals surface area contributed by atoms with Crippen LogP contribution in [0.5, 0.6) is 0 Å². The topological polar surface area (TPSA) is 0 Å². The Morgan fingerprint density at radius 1 is 1.00 bits per heavy atom. The van der Waals surface area contributed by atoms with Gasteiger partial charge in [0.25, 0.3) is 0 Å². The number of benzene rings is 1. The van der Waals surface area contributed by atoms with Gasteiger partial charge in [-0.15, -0.1) is 0 Å². The molecule has 1 aromatic rings. The average molecular weight is 210 g/mol. The Morgan fingerprint density at radius 3 is 1.69 bits per heavy atom. The van der Waals surface area contributed by atoms with E-state index in [9.17, 15) is 13.2 Å². The van der Waals surface area contributed by atoms with Crippen molar-refractivity contribution in [1.29, 1.82) is 0 Å². The van der Waals surface area contributed by atoms with Crippen molar-refractivity contribution in [2.24, 2.45) is 0 Å². The molecule has 0 heterocycles. The summed E-state index contributed by atoms with van der Waals surface area (Å²) in [4.78, 5) is 0. The maximum Gasteiger partial charge on any atom is 0.129 e. The first-order valence-corrected chi connectivity index (χ1v) is 6.55. The van der Waals surface area contributed by atoms with Gasteiger partial charge in [-0.3, -0.25) is 4.70 Å². The van der Waals surface area contributed by atoms with Gasteiger partial charge in [0.15, 0.2) is 0 Å². The second-order valence-electron chi connectivity index (χ2n) is 2.94. The van der Waals surface area contributed by atoms with E-state index < -0.39 is 26.2 Å². The van der Waals surface area contributed by atoms with E-state index in [1.54, 1.807) is 13.1 Å². The van der Waals surface area contributed by atoms with Crippen LogP contribution in [-0.2, 0) is 0 Å². The molecule has 0 bridgehead atoms. The fraction of sp³-hybridized carbons (Fsp3) is 0.250. The van der Waals surface area contributed by atoms with Gasteiger partial charge in [-0.1, -0.05) is 13.1 Å². The van der Waals surface area contributed by atoms with Crippen LogP contribution < -0.4 is 5.19 Å². The SMILES string of the molecule is C[SiH](C)c1c(F)cc(F)cc1F.F. The summed E-state index contributed by atoms with van der Waals surface area (Å²) in [5, 5.41) is 0.0800. The van der Waals surface area contributed by atoms with Gasteiger partial charge in [0.1, 0.15) is 17.5 Å². The highest BCUT2D eigenvalue weighted by molar-refractivity contribution is 6.70. The van der Waals surface area contributed by atoms with Gasteiger partial charge in [0.05, 0.1) is 8.80 Å². The largest absolute Gasteiger partial charge is 0.269 e. The summed E-state index contributed by atoms with van der Waals surface area (Å²) >= 11 is 0. The molecule has 13 heavy (non-hydrogen) atoms. The average Bonchev–Trinajstić information content (AvgIpc) is 1.82. The van der Waals surface area contributed by atoms with E-state index in [1.165, 1.54) is 0 Å². The third kappa shape index (κ3) is 2.55. The van der Waals surface area contributed by atoms with Crippen LogP contribution in [0.25, 0.3) is 0 Å². The molecule has 0 fully saturated rings. The Hall–Kier alpha value is -0.843. The summed E-state index contributed by atoms with van der Waals surface area (Å²) < 4.78 is 38.2. The smallest absolute Gasteiger partial charge is 0.129 e. The normalized spacial score (nSPS) is 10.0. The minimum Gasteiger partial charge on any atom is -0.269 e. The lowest BCUT2D eigenvalue weighted by Crippen LogP contribution is -2.30. The van der Waals surface area contributed by atoms with Crippen molar-refractivity contribution in [2.45, 2.75) is 13.1 Å². The Balaban J connectivity index is 0.00000144. The van der Waals surface area contributed by atoms with Gasteiger partial charge in [0, 0.05) is 17.3 Å². The summed E-state index contributed by atoms with van der Waals surface area (Å²) in [7, 11) is -1.54. The standard InChI is InChI=1S/C8H9F3Si.FH/c1-12(2)8-6(10)3-5(9)4-7(8)11;/h3-4,12H,1-2H3;1H. The van der Waals surface area contributed by atoms with E-state index in [0.29, 0.717) is 0 Å². The zero-order valence-corrected chi connectivity index (χ0v) is 8.43. The Bertz CT molecular complexity index is 275. The molecule has 1 rings (SSSR count). The van der Waals surface area contributed by atoms with E-state index in [1.807, 2.05) is 0 Å². The fourth-order valence-corrected chi connectivity index (χ4v) is 2.37. The van der Waals surface area contributed by atoms with Crippen molar-refractivity contribution in [3.8, 4) is 0 Å². The lowest BCUT2D eigenvalue weighted by molar-refractivity contribution is 0.553. The molecule has 1 aromatic carbocycles. The van der Waals surface area contributed by atoms with Gasteiger partial charge in [0.2, 0.25) is 0 Å². The van der Waals surface area contributed by atoms with E-state index in [4.69, 9.17) is 0 Å². The molecule has 0 aliphatic rings. The Kier molecular flexibility index (Phi) is 4.12. The summed E-state index contributed by atoms with van der Waals surface area (Å²) in [6.45, 7) is 3.58. The monoisotopic (exact) mass is 210 g/mol. The van der Waals surface area contributed by atoms with Crippen LogP contribution in [-0.4, -0.2) is 8.80 Å². The van der Waals surface area contributed by atoms with Crippen molar-refractivity contribution >= 4 is 14.0 Å². The zero-order chi connectivity index (χ0) is 9.30. The third-order valence-corrected chi connectivity index (χ3v) is 3.33. The third-order valence-electron chi connectivity index (χ3n) is 1.62. The number of halogens is 4. The van der Waals surface area contributed by atoms with Crippen LogP contribution in [0.4, 0.5) is 17.9 Å². The minimum absolute atomic E-state index is 0. The van der Waals surface area contributed by atoms with E-state index >= 15 is 0 Å². The number of hydrogen-bond donors (Lipinski definition) is 0. The molecule has 0 saturated carbocycles. The molecule has 0 aliphatic heterocycles. The molecule has 0 aromatic heterocycles. The molecule has 0 N–H and O–H groups in total. The van der Waals surface area contributed by atoms with E-state index in [0.717, 1.165) is 12.1 Å².